The summed E-state index contributed by atoms with van der Waals surface area (Å²) in [5.41, 5.74) is 4.15. The molecule has 0 aliphatic carbocycles. The zero-order valence-corrected chi connectivity index (χ0v) is 14.2. The van der Waals surface area contributed by atoms with E-state index in [1.54, 1.807) is 18.0 Å². The molecular weight excluding hydrogens is 304 g/mol. The lowest BCUT2D eigenvalue weighted by Gasteiger charge is -2.12. The Labute approximate surface area is 140 Å². The third kappa shape index (κ3) is 2.49. The number of aryl methyl sites for hydroxylation is 2. The molecule has 0 radical (unpaired) electrons. The van der Waals surface area contributed by atoms with Crippen LogP contribution < -0.4 is 10.2 Å². The van der Waals surface area contributed by atoms with E-state index in [1.807, 2.05) is 42.7 Å². The molecule has 0 spiro atoms. The first-order valence-corrected chi connectivity index (χ1v) is 7.96. The van der Waals surface area contributed by atoms with E-state index in [1.165, 1.54) is 0 Å². The molecule has 0 aliphatic rings. The molecule has 2 N–H and O–H groups in total. The number of hydrogen-bond donors (Lipinski definition) is 2. The number of aliphatic hydroxyl groups excluding tert-OH is 1. The molecule has 0 unspecified atom stereocenters. The summed E-state index contributed by atoms with van der Waals surface area (Å²) < 4.78 is 9.31. The summed E-state index contributed by atoms with van der Waals surface area (Å²) in [7, 11) is 1.65. The van der Waals surface area contributed by atoms with Gasteiger partial charge in [0.05, 0.1) is 24.5 Å². The van der Waals surface area contributed by atoms with Gasteiger partial charge in [0.15, 0.2) is 5.65 Å². The van der Waals surface area contributed by atoms with E-state index in [-0.39, 0.29) is 6.61 Å². The first-order valence-electron chi connectivity index (χ1n) is 7.96. The van der Waals surface area contributed by atoms with Gasteiger partial charge in [-0.3, -0.25) is 9.98 Å². The highest BCUT2D eigenvalue weighted by Gasteiger charge is 2.18. The molecule has 2 aromatic heterocycles. The predicted molar refractivity (Wildman–Crippen MR) is 92.6 cm³/mol. The second-order valence-corrected chi connectivity index (χ2v) is 5.78. The van der Waals surface area contributed by atoms with Crippen molar-refractivity contribution in [1.29, 1.82) is 5.41 Å². The molecule has 6 nitrogen and oxygen atoms in total. The molecule has 3 aromatic rings. The number of aromatic nitrogens is 3. The number of benzene rings is 1. The molecule has 0 fully saturated rings. The van der Waals surface area contributed by atoms with Crippen molar-refractivity contribution in [2.24, 2.45) is 0 Å². The van der Waals surface area contributed by atoms with E-state index < -0.39 is 0 Å². The number of rotatable bonds is 5. The van der Waals surface area contributed by atoms with Gasteiger partial charge in [0.1, 0.15) is 11.2 Å². The minimum absolute atomic E-state index is 0.102. The number of hydrogen-bond acceptors (Lipinski definition) is 4. The van der Waals surface area contributed by atoms with E-state index in [0.29, 0.717) is 18.5 Å². The zero-order valence-electron chi connectivity index (χ0n) is 14.2. The minimum Gasteiger partial charge on any atom is -0.495 e. The van der Waals surface area contributed by atoms with Crippen molar-refractivity contribution in [3.63, 3.8) is 0 Å². The Hall–Kier alpha value is -2.60. The van der Waals surface area contributed by atoms with Crippen LogP contribution in [-0.4, -0.2) is 32.9 Å². The molecule has 0 atom stereocenters. The maximum Gasteiger partial charge on any atom is 0.150 e. The van der Waals surface area contributed by atoms with Crippen molar-refractivity contribution in [3.8, 4) is 11.4 Å². The number of para-hydroxylation sites is 2. The average Bonchev–Trinajstić information content (AvgIpc) is 2.86. The van der Waals surface area contributed by atoms with Crippen LogP contribution in [0.1, 0.15) is 17.7 Å². The molecule has 2 heterocycles. The molecule has 3 rings (SSSR count). The summed E-state index contributed by atoms with van der Waals surface area (Å²) in [4.78, 5) is 4.60. The highest BCUT2D eigenvalue weighted by molar-refractivity contribution is 5.83. The van der Waals surface area contributed by atoms with Crippen molar-refractivity contribution in [3.05, 3.63) is 47.3 Å². The molecule has 0 bridgehead atoms. The molecular formula is C18H22N4O2. The fourth-order valence-corrected chi connectivity index (χ4v) is 3.04. The smallest absolute Gasteiger partial charge is 0.150 e. The van der Waals surface area contributed by atoms with E-state index in [2.05, 4.69) is 4.98 Å². The van der Waals surface area contributed by atoms with Crippen LogP contribution in [0.5, 0.6) is 5.75 Å². The molecule has 24 heavy (non-hydrogen) atoms. The standard InChI is InChI=1S/C18H22N4O2/c1-12-13(2)22(14-7-4-5-8-15(14)24-3)18-16(12)17(19)21(11-20-18)9-6-10-23/h4-5,7-8,11,19,23H,6,9-10H2,1-3H3. The maximum absolute atomic E-state index is 9.03. The quantitative estimate of drug-likeness (QED) is 0.755. The van der Waals surface area contributed by atoms with Crippen LogP contribution in [-0.2, 0) is 6.54 Å². The second-order valence-electron chi connectivity index (χ2n) is 5.78. The number of nitrogens with one attached hydrogen (secondary N) is 1. The van der Waals surface area contributed by atoms with Crippen molar-refractivity contribution < 1.29 is 9.84 Å². The van der Waals surface area contributed by atoms with Gasteiger partial charge < -0.3 is 14.4 Å². The Morgan fingerprint density at radius 2 is 2.00 bits per heavy atom. The van der Waals surface area contributed by atoms with Gasteiger partial charge in [-0.2, -0.15) is 0 Å². The third-order valence-corrected chi connectivity index (χ3v) is 4.42. The van der Waals surface area contributed by atoms with Crippen molar-refractivity contribution in [1.82, 2.24) is 14.1 Å². The third-order valence-electron chi connectivity index (χ3n) is 4.42. The summed E-state index contributed by atoms with van der Waals surface area (Å²) in [5.74, 6) is 0.767. The predicted octanol–water partition coefficient (Wildman–Crippen LogP) is 2.31. The van der Waals surface area contributed by atoms with Crippen molar-refractivity contribution in [2.75, 3.05) is 13.7 Å². The van der Waals surface area contributed by atoms with Gasteiger partial charge in [0.25, 0.3) is 0 Å². The first-order chi connectivity index (χ1) is 11.6. The Morgan fingerprint density at radius 3 is 2.71 bits per heavy atom. The largest absolute Gasteiger partial charge is 0.495 e. The Morgan fingerprint density at radius 1 is 1.25 bits per heavy atom. The van der Waals surface area contributed by atoms with Crippen LogP contribution in [0.15, 0.2) is 30.6 Å². The number of methoxy groups -OCH3 is 1. The molecule has 0 amide bonds. The fourth-order valence-electron chi connectivity index (χ4n) is 3.04. The normalized spacial score (nSPS) is 11.2. The van der Waals surface area contributed by atoms with Gasteiger partial charge in [-0.25, -0.2) is 4.98 Å². The number of fused-ring (bicyclic) bond motifs is 1. The number of nitrogens with zero attached hydrogens (tertiary/aromatic N) is 3. The lowest BCUT2D eigenvalue weighted by atomic mass is 10.2. The van der Waals surface area contributed by atoms with Crippen LogP contribution in [0.2, 0.25) is 0 Å². The van der Waals surface area contributed by atoms with Crippen LogP contribution in [0, 0.1) is 19.3 Å². The minimum atomic E-state index is 0.102. The number of aliphatic hydroxyl groups is 1. The summed E-state index contributed by atoms with van der Waals surface area (Å²) >= 11 is 0. The van der Waals surface area contributed by atoms with Gasteiger partial charge in [0.2, 0.25) is 0 Å². The lowest BCUT2D eigenvalue weighted by molar-refractivity contribution is 0.278. The summed E-state index contributed by atoms with van der Waals surface area (Å²) in [6, 6.07) is 7.80. The topological polar surface area (TPSA) is 76.1 Å². The maximum atomic E-state index is 9.03. The Kier molecular flexibility index (Phi) is 4.40. The van der Waals surface area contributed by atoms with E-state index in [4.69, 9.17) is 15.3 Å². The van der Waals surface area contributed by atoms with Gasteiger partial charge in [-0.05, 0) is 38.0 Å². The first kappa shape index (κ1) is 16.3. The lowest BCUT2D eigenvalue weighted by Crippen LogP contribution is -2.21. The Bertz CT molecular complexity index is 940. The van der Waals surface area contributed by atoms with E-state index in [9.17, 15) is 0 Å². The SMILES string of the molecule is COc1ccccc1-n1c(C)c(C)c2c(=N)n(CCCO)cnc21. The van der Waals surface area contributed by atoms with Gasteiger partial charge >= 0.3 is 0 Å². The van der Waals surface area contributed by atoms with Crippen LogP contribution >= 0.6 is 0 Å². The summed E-state index contributed by atoms with van der Waals surface area (Å²) in [5, 5.41) is 18.4. The summed E-state index contributed by atoms with van der Waals surface area (Å²) in [6.07, 6.45) is 2.28. The van der Waals surface area contributed by atoms with Crippen LogP contribution in [0.4, 0.5) is 0 Å². The molecule has 0 saturated carbocycles. The van der Waals surface area contributed by atoms with Crippen LogP contribution in [0.25, 0.3) is 16.7 Å². The van der Waals surface area contributed by atoms with Gasteiger partial charge in [0, 0.05) is 18.8 Å². The van der Waals surface area contributed by atoms with Crippen molar-refractivity contribution in [2.45, 2.75) is 26.8 Å². The van der Waals surface area contributed by atoms with Crippen molar-refractivity contribution >= 4 is 11.0 Å². The van der Waals surface area contributed by atoms with Gasteiger partial charge in [-0.1, -0.05) is 12.1 Å². The average molecular weight is 326 g/mol. The Balaban J connectivity index is 2.29. The molecule has 0 saturated heterocycles. The molecule has 1 aromatic carbocycles. The van der Waals surface area contributed by atoms with Crippen LogP contribution in [0.3, 0.4) is 0 Å². The zero-order chi connectivity index (χ0) is 17.3. The highest BCUT2D eigenvalue weighted by Crippen LogP contribution is 2.30. The molecule has 126 valence electrons. The monoisotopic (exact) mass is 326 g/mol. The molecule has 0 aliphatic heterocycles. The summed E-state index contributed by atoms with van der Waals surface area (Å²) in [6.45, 7) is 4.72. The number of ether oxygens (including phenoxy) is 1. The van der Waals surface area contributed by atoms with E-state index in [0.717, 1.165) is 33.7 Å². The second kappa shape index (κ2) is 6.49. The van der Waals surface area contributed by atoms with E-state index >= 15 is 0 Å². The van der Waals surface area contributed by atoms with Gasteiger partial charge in [-0.15, -0.1) is 0 Å². The molecule has 6 heteroatoms. The highest BCUT2D eigenvalue weighted by atomic mass is 16.5. The fraction of sp³-hybridized carbons (Fsp3) is 0.333.